The van der Waals surface area contributed by atoms with E-state index in [1.54, 1.807) is 0 Å². The van der Waals surface area contributed by atoms with Gasteiger partial charge in [-0.05, 0) is 40.0 Å². The number of allylic oxidation sites excluding steroid dienone is 1. The zero-order chi connectivity index (χ0) is 12.8. The van der Waals surface area contributed by atoms with E-state index in [0.717, 1.165) is 48.3 Å². The van der Waals surface area contributed by atoms with Crippen molar-refractivity contribution < 1.29 is 9.21 Å². The molecule has 0 saturated heterocycles. The van der Waals surface area contributed by atoms with Crippen LogP contribution in [-0.2, 0) is 0 Å². The van der Waals surface area contributed by atoms with Gasteiger partial charge in [0.1, 0.15) is 11.5 Å². The van der Waals surface area contributed by atoms with Gasteiger partial charge in [-0.3, -0.25) is 4.79 Å². The normalized spacial score (nSPS) is 10.5. The second-order valence-corrected chi connectivity index (χ2v) is 4.53. The zero-order valence-corrected chi connectivity index (χ0v) is 11.1. The van der Waals surface area contributed by atoms with Gasteiger partial charge in [0.05, 0.1) is 5.56 Å². The quantitative estimate of drug-likeness (QED) is 0.394. The van der Waals surface area contributed by atoms with Gasteiger partial charge in [-0.2, -0.15) is 0 Å². The fourth-order valence-corrected chi connectivity index (χ4v) is 2.08. The van der Waals surface area contributed by atoms with Crippen LogP contribution in [0.25, 0.3) is 0 Å². The number of hydrogen-bond acceptors (Lipinski definition) is 2. The molecule has 1 aromatic rings. The first-order chi connectivity index (χ1) is 8.07. The van der Waals surface area contributed by atoms with Crippen LogP contribution in [0.3, 0.4) is 0 Å². The lowest BCUT2D eigenvalue weighted by Gasteiger charge is -2.01. The first kappa shape index (κ1) is 13.8. The maximum Gasteiger partial charge on any atom is 0.166 e. The minimum atomic E-state index is 0.218. The molecule has 0 spiro atoms. The molecule has 0 N–H and O–H groups in total. The molecule has 0 amide bonds. The Hall–Kier alpha value is -1.31. The molecule has 0 aliphatic carbocycles. The molecule has 2 heteroatoms. The fraction of sp³-hybridized carbons (Fsp3) is 0.533. The number of ketones is 1. The average molecular weight is 234 g/mol. The highest BCUT2D eigenvalue weighted by Gasteiger charge is 2.17. The zero-order valence-electron chi connectivity index (χ0n) is 11.1. The van der Waals surface area contributed by atoms with Crippen LogP contribution in [0.15, 0.2) is 17.1 Å². The Morgan fingerprint density at radius 1 is 1.18 bits per heavy atom. The summed E-state index contributed by atoms with van der Waals surface area (Å²) in [5, 5.41) is 0. The minimum Gasteiger partial charge on any atom is -0.466 e. The molecule has 1 rings (SSSR count). The Labute approximate surface area is 104 Å². The predicted molar refractivity (Wildman–Crippen MR) is 70.5 cm³/mol. The summed E-state index contributed by atoms with van der Waals surface area (Å²) in [7, 11) is 0. The predicted octanol–water partition coefficient (Wildman–Crippen LogP) is 4.52. The maximum absolute atomic E-state index is 12.1. The molecule has 0 aliphatic rings. The molecule has 0 fully saturated rings. The van der Waals surface area contributed by atoms with Gasteiger partial charge < -0.3 is 4.42 Å². The van der Waals surface area contributed by atoms with Crippen LogP contribution in [0.4, 0.5) is 0 Å². The van der Waals surface area contributed by atoms with Gasteiger partial charge in [0.25, 0.3) is 0 Å². The number of rotatable bonds is 7. The van der Waals surface area contributed by atoms with Crippen LogP contribution in [0, 0.1) is 20.8 Å². The molecule has 0 saturated carbocycles. The molecule has 0 aromatic carbocycles. The first-order valence-electron chi connectivity index (χ1n) is 6.28. The summed E-state index contributed by atoms with van der Waals surface area (Å²) in [4.78, 5) is 12.1. The summed E-state index contributed by atoms with van der Waals surface area (Å²) in [6, 6.07) is 0. The number of carbonyl (C=O) groups is 1. The lowest BCUT2D eigenvalue weighted by molar-refractivity contribution is 0.0977. The largest absolute Gasteiger partial charge is 0.466 e. The van der Waals surface area contributed by atoms with Crippen LogP contribution in [0.5, 0.6) is 0 Å². The lowest BCUT2D eigenvalue weighted by atomic mass is 10.0. The Bertz CT molecular complexity index is 399. The third kappa shape index (κ3) is 3.58. The molecule has 0 atom stereocenters. The van der Waals surface area contributed by atoms with Crippen molar-refractivity contribution in [2.24, 2.45) is 0 Å². The van der Waals surface area contributed by atoms with Crippen LogP contribution in [-0.4, -0.2) is 5.78 Å². The van der Waals surface area contributed by atoms with Crippen LogP contribution in [0.2, 0.25) is 0 Å². The smallest absolute Gasteiger partial charge is 0.166 e. The summed E-state index contributed by atoms with van der Waals surface area (Å²) in [5.41, 5.74) is 1.80. The molecule has 0 aliphatic heterocycles. The monoisotopic (exact) mass is 234 g/mol. The SMILES string of the molecule is C=CCCCCCC(=O)c1c(C)oc(C)c1C. The van der Waals surface area contributed by atoms with E-state index in [4.69, 9.17) is 4.42 Å². The highest BCUT2D eigenvalue weighted by Crippen LogP contribution is 2.23. The second kappa shape index (κ2) is 6.43. The number of furan rings is 1. The van der Waals surface area contributed by atoms with E-state index in [9.17, 15) is 4.79 Å². The Morgan fingerprint density at radius 3 is 2.41 bits per heavy atom. The van der Waals surface area contributed by atoms with Crippen LogP contribution < -0.4 is 0 Å². The van der Waals surface area contributed by atoms with Gasteiger partial charge in [-0.15, -0.1) is 6.58 Å². The summed E-state index contributed by atoms with van der Waals surface area (Å²) in [6.45, 7) is 9.41. The third-order valence-corrected chi connectivity index (χ3v) is 3.15. The summed E-state index contributed by atoms with van der Waals surface area (Å²) in [5.74, 6) is 1.84. The van der Waals surface area contributed by atoms with E-state index in [2.05, 4.69) is 6.58 Å². The van der Waals surface area contributed by atoms with Crippen molar-refractivity contribution in [3.63, 3.8) is 0 Å². The van der Waals surface area contributed by atoms with E-state index < -0.39 is 0 Å². The molecule has 0 unspecified atom stereocenters. The van der Waals surface area contributed by atoms with Gasteiger partial charge in [-0.25, -0.2) is 0 Å². The summed E-state index contributed by atoms with van der Waals surface area (Å²) < 4.78 is 5.48. The molecule has 17 heavy (non-hydrogen) atoms. The molecule has 0 bridgehead atoms. The maximum atomic E-state index is 12.1. The number of hydrogen-bond donors (Lipinski definition) is 0. The number of Topliss-reactive ketones (excluding diaryl/α,β-unsaturated/α-hetero) is 1. The molecule has 2 nitrogen and oxygen atoms in total. The van der Waals surface area contributed by atoms with Gasteiger partial charge in [-0.1, -0.05) is 12.5 Å². The van der Waals surface area contributed by atoms with E-state index in [1.807, 2.05) is 26.8 Å². The molecule has 94 valence electrons. The second-order valence-electron chi connectivity index (χ2n) is 4.53. The lowest BCUT2D eigenvalue weighted by Crippen LogP contribution is -2.01. The average Bonchev–Trinajstić information content (AvgIpc) is 2.53. The van der Waals surface area contributed by atoms with Crippen LogP contribution >= 0.6 is 0 Å². The summed E-state index contributed by atoms with van der Waals surface area (Å²) >= 11 is 0. The Balaban J connectivity index is 2.50. The van der Waals surface area contributed by atoms with Gasteiger partial charge in [0, 0.05) is 12.0 Å². The van der Waals surface area contributed by atoms with Gasteiger partial charge in [0.15, 0.2) is 5.78 Å². The van der Waals surface area contributed by atoms with E-state index in [0.29, 0.717) is 6.42 Å². The topological polar surface area (TPSA) is 30.2 Å². The van der Waals surface area contributed by atoms with Crippen molar-refractivity contribution in [1.82, 2.24) is 0 Å². The van der Waals surface area contributed by atoms with Crippen molar-refractivity contribution in [2.75, 3.05) is 0 Å². The van der Waals surface area contributed by atoms with E-state index >= 15 is 0 Å². The van der Waals surface area contributed by atoms with Crippen LogP contribution in [0.1, 0.15) is 59.5 Å². The van der Waals surface area contributed by atoms with Gasteiger partial charge >= 0.3 is 0 Å². The van der Waals surface area contributed by atoms with Gasteiger partial charge in [0.2, 0.25) is 0 Å². The van der Waals surface area contributed by atoms with Crippen molar-refractivity contribution >= 4 is 5.78 Å². The molecule has 0 radical (unpaired) electrons. The van der Waals surface area contributed by atoms with Crippen molar-refractivity contribution in [3.8, 4) is 0 Å². The minimum absolute atomic E-state index is 0.218. The van der Waals surface area contributed by atoms with E-state index in [1.165, 1.54) is 0 Å². The standard InChI is InChI=1S/C15H22O2/c1-5-6-7-8-9-10-14(16)15-11(2)12(3)17-13(15)4/h5H,1,6-10H2,2-4H3. The highest BCUT2D eigenvalue weighted by molar-refractivity contribution is 5.98. The number of unbranched alkanes of at least 4 members (excludes halogenated alkanes) is 3. The Kier molecular flexibility index (Phi) is 5.20. The summed E-state index contributed by atoms with van der Waals surface area (Å²) in [6.07, 6.45) is 6.76. The molecule has 1 heterocycles. The fourth-order valence-electron chi connectivity index (χ4n) is 2.08. The molecular formula is C15H22O2. The van der Waals surface area contributed by atoms with Crippen molar-refractivity contribution in [1.29, 1.82) is 0 Å². The van der Waals surface area contributed by atoms with E-state index in [-0.39, 0.29) is 5.78 Å². The van der Waals surface area contributed by atoms with Crippen molar-refractivity contribution in [3.05, 3.63) is 35.3 Å². The highest BCUT2D eigenvalue weighted by atomic mass is 16.3. The Morgan fingerprint density at radius 2 is 1.88 bits per heavy atom. The first-order valence-corrected chi connectivity index (χ1v) is 6.28. The molecule has 1 aromatic heterocycles. The third-order valence-electron chi connectivity index (χ3n) is 3.15. The number of aryl methyl sites for hydroxylation is 2. The number of carbonyl (C=O) groups excluding carboxylic acids is 1. The molecular weight excluding hydrogens is 212 g/mol. The van der Waals surface area contributed by atoms with Crippen molar-refractivity contribution in [2.45, 2.75) is 52.9 Å².